The van der Waals surface area contributed by atoms with Crippen LogP contribution in [0.5, 0.6) is 0 Å². The molecular formula is C15H22N6O3. The van der Waals surface area contributed by atoms with Crippen molar-refractivity contribution in [1.29, 1.82) is 5.26 Å². The van der Waals surface area contributed by atoms with Gasteiger partial charge in [0.05, 0.1) is 18.7 Å². The topological polar surface area (TPSA) is 138 Å². The van der Waals surface area contributed by atoms with Crippen LogP contribution < -0.4 is 11.1 Å². The SMILES string of the molecule is CC(C)[C@@](C)(C#N)NC(=O)CN1CCC[C@H]1c1nc(C(N)=O)no1. The predicted octanol–water partition coefficient (Wildman–Crippen LogP) is 0.360. The van der Waals surface area contributed by atoms with Gasteiger partial charge in [0.2, 0.25) is 11.8 Å². The summed E-state index contributed by atoms with van der Waals surface area (Å²) in [7, 11) is 0. The zero-order valence-corrected chi connectivity index (χ0v) is 14.1. The highest BCUT2D eigenvalue weighted by Crippen LogP contribution is 2.30. The maximum atomic E-state index is 12.3. The summed E-state index contributed by atoms with van der Waals surface area (Å²) in [5, 5.41) is 15.6. The van der Waals surface area contributed by atoms with Gasteiger partial charge in [0, 0.05) is 0 Å². The van der Waals surface area contributed by atoms with Crippen molar-refractivity contribution in [3.63, 3.8) is 0 Å². The monoisotopic (exact) mass is 334 g/mol. The number of hydrogen-bond donors (Lipinski definition) is 2. The first-order valence-electron chi connectivity index (χ1n) is 7.86. The van der Waals surface area contributed by atoms with E-state index in [0.717, 1.165) is 12.8 Å². The Hall–Kier alpha value is -2.47. The molecule has 1 aromatic rings. The molecule has 2 heterocycles. The summed E-state index contributed by atoms with van der Waals surface area (Å²) in [5.74, 6) is -0.905. The van der Waals surface area contributed by atoms with Crippen LogP contribution >= 0.6 is 0 Å². The number of primary amides is 1. The van der Waals surface area contributed by atoms with Crippen molar-refractivity contribution in [3.8, 4) is 6.07 Å². The van der Waals surface area contributed by atoms with Crippen molar-refractivity contribution in [2.75, 3.05) is 13.1 Å². The third-order valence-electron chi connectivity index (χ3n) is 4.44. The third kappa shape index (κ3) is 3.71. The van der Waals surface area contributed by atoms with Crippen molar-refractivity contribution >= 4 is 11.8 Å². The maximum absolute atomic E-state index is 12.3. The Morgan fingerprint density at radius 2 is 2.29 bits per heavy atom. The molecule has 0 bridgehead atoms. The Morgan fingerprint density at radius 3 is 2.83 bits per heavy atom. The summed E-state index contributed by atoms with van der Waals surface area (Å²) in [6.45, 7) is 6.27. The summed E-state index contributed by atoms with van der Waals surface area (Å²) in [4.78, 5) is 29.3. The molecule has 1 fully saturated rings. The number of aromatic nitrogens is 2. The van der Waals surface area contributed by atoms with Gasteiger partial charge in [0.1, 0.15) is 5.54 Å². The molecule has 1 aliphatic heterocycles. The van der Waals surface area contributed by atoms with Gasteiger partial charge in [-0.2, -0.15) is 10.2 Å². The molecule has 0 aliphatic carbocycles. The molecule has 3 N–H and O–H groups in total. The van der Waals surface area contributed by atoms with Crippen LogP contribution in [0.15, 0.2) is 4.52 Å². The quantitative estimate of drug-likeness (QED) is 0.765. The van der Waals surface area contributed by atoms with Gasteiger partial charge in [-0.25, -0.2) is 0 Å². The van der Waals surface area contributed by atoms with Crippen molar-refractivity contribution in [3.05, 3.63) is 11.7 Å². The molecule has 2 rings (SSSR count). The predicted molar refractivity (Wildman–Crippen MR) is 83.4 cm³/mol. The van der Waals surface area contributed by atoms with Crippen LogP contribution in [0.4, 0.5) is 0 Å². The van der Waals surface area contributed by atoms with E-state index in [1.165, 1.54) is 0 Å². The van der Waals surface area contributed by atoms with Crippen molar-refractivity contribution in [1.82, 2.24) is 20.4 Å². The van der Waals surface area contributed by atoms with E-state index < -0.39 is 11.4 Å². The summed E-state index contributed by atoms with van der Waals surface area (Å²) < 4.78 is 5.09. The number of nitrogens with two attached hydrogens (primary N) is 1. The van der Waals surface area contributed by atoms with Crippen LogP contribution in [-0.2, 0) is 4.79 Å². The van der Waals surface area contributed by atoms with Crippen LogP contribution in [0.25, 0.3) is 0 Å². The minimum Gasteiger partial charge on any atom is -0.363 e. The van der Waals surface area contributed by atoms with Crippen LogP contribution in [0, 0.1) is 17.2 Å². The first-order chi connectivity index (χ1) is 11.3. The molecule has 0 aromatic carbocycles. The summed E-state index contributed by atoms with van der Waals surface area (Å²) in [6.07, 6.45) is 1.61. The smallest absolute Gasteiger partial charge is 0.290 e. The second-order valence-electron chi connectivity index (χ2n) is 6.47. The molecule has 2 amide bonds. The lowest BCUT2D eigenvalue weighted by molar-refractivity contribution is -0.124. The normalized spacial score (nSPS) is 20.5. The molecule has 24 heavy (non-hydrogen) atoms. The Balaban J connectivity index is 2.04. The fourth-order valence-corrected chi connectivity index (χ4v) is 2.58. The van der Waals surface area contributed by atoms with Crippen molar-refractivity contribution in [2.24, 2.45) is 11.7 Å². The average molecular weight is 334 g/mol. The zero-order valence-electron chi connectivity index (χ0n) is 14.1. The van der Waals surface area contributed by atoms with E-state index >= 15 is 0 Å². The second-order valence-corrected chi connectivity index (χ2v) is 6.47. The lowest BCUT2D eigenvalue weighted by Gasteiger charge is -2.29. The molecule has 1 saturated heterocycles. The Kier molecular flexibility index (Phi) is 5.19. The van der Waals surface area contributed by atoms with Crippen molar-refractivity contribution < 1.29 is 14.1 Å². The fraction of sp³-hybridized carbons (Fsp3) is 0.667. The maximum Gasteiger partial charge on any atom is 0.290 e. The third-order valence-corrected chi connectivity index (χ3v) is 4.44. The zero-order chi connectivity index (χ0) is 17.9. The van der Waals surface area contributed by atoms with Gasteiger partial charge < -0.3 is 15.6 Å². The molecule has 2 atom stereocenters. The number of nitrogens with zero attached hydrogens (tertiary/aromatic N) is 4. The first kappa shape index (κ1) is 17.9. The molecule has 0 radical (unpaired) electrons. The molecule has 9 heteroatoms. The van der Waals surface area contributed by atoms with Crippen LogP contribution in [0.2, 0.25) is 0 Å². The molecule has 1 aromatic heterocycles. The van der Waals surface area contributed by atoms with E-state index in [0.29, 0.717) is 6.54 Å². The number of likely N-dealkylation sites (tertiary alicyclic amines) is 1. The lowest BCUT2D eigenvalue weighted by atomic mass is 9.90. The lowest BCUT2D eigenvalue weighted by Crippen LogP contribution is -2.51. The Bertz CT molecular complexity index is 664. The van der Waals surface area contributed by atoms with Gasteiger partial charge in [-0.1, -0.05) is 19.0 Å². The van der Waals surface area contributed by atoms with E-state index in [1.54, 1.807) is 6.92 Å². The molecule has 0 spiro atoms. The van der Waals surface area contributed by atoms with Crippen molar-refractivity contribution in [2.45, 2.75) is 45.2 Å². The molecule has 0 unspecified atom stereocenters. The summed E-state index contributed by atoms with van der Waals surface area (Å²) in [6, 6.07) is 1.92. The standard InChI is InChI=1S/C15H22N6O3/c1-9(2)15(3,8-16)19-11(22)7-21-6-4-5-10(21)14-18-13(12(17)23)20-24-14/h9-10H,4-7H2,1-3H3,(H2,17,23)(H,19,22)/t10-,15+/m0/s1. The average Bonchev–Trinajstić information content (AvgIpc) is 3.15. The van der Waals surface area contributed by atoms with E-state index in [4.69, 9.17) is 10.3 Å². The van der Waals surface area contributed by atoms with E-state index in [2.05, 4.69) is 21.5 Å². The molecule has 1 aliphatic rings. The number of carbonyl (C=O) groups excluding carboxylic acids is 2. The molecule has 0 saturated carbocycles. The number of nitriles is 1. The minimum absolute atomic E-state index is 0.0186. The van der Waals surface area contributed by atoms with Gasteiger partial charge in [0.25, 0.3) is 11.7 Å². The van der Waals surface area contributed by atoms with Gasteiger partial charge in [0.15, 0.2) is 0 Å². The Morgan fingerprint density at radius 1 is 1.58 bits per heavy atom. The van der Waals surface area contributed by atoms with Gasteiger partial charge >= 0.3 is 0 Å². The summed E-state index contributed by atoms with van der Waals surface area (Å²) >= 11 is 0. The number of amides is 2. The highest BCUT2D eigenvalue weighted by atomic mass is 16.5. The first-order valence-corrected chi connectivity index (χ1v) is 7.86. The number of hydrogen-bond acceptors (Lipinski definition) is 7. The molecular weight excluding hydrogens is 312 g/mol. The summed E-state index contributed by atoms with van der Waals surface area (Å²) in [5.41, 5.74) is 4.20. The number of rotatable bonds is 6. The largest absolute Gasteiger partial charge is 0.363 e. The number of nitrogens with one attached hydrogen (secondary N) is 1. The van der Waals surface area contributed by atoms with Gasteiger partial charge in [-0.15, -0.1) is 0 Å². The van der Waals surface area contributed by atoms with Gasteiger partial charge in [-0.05, 0) is 32.2 Å². The second kappa shape index (κ2) is 6.97. The fourth-order valence-electron chi connectivity index (χ4n) is 2.58. The van der Waals surface area contributed by atoms with Crippen LogP contribution in [0.3, 0.4) is 0 Å². The Labute approximate surface area is 140 Å². The van der Waals surface area contributed by atoms with E-state index in [-0.39, 0.29) is 36.1 Å². The molecule has 9 nitrogen and oxygen atoms in total. The van der Waals surface area contributed by atoms with Crippen LogP contribution in [0.1, 0.15) is 56.2 Å². The highest BCUT2D eigenvalue weighted by Gasteiger charge is 2.35. The van der Waals surface area contributed by atoms with E-state index in [1.807, 2.05) is 18.7 Å². The van der Waals surface area contributed by atoms with Crippen LogP contribution in [-0.4, -0.2) is 45.5 Å². The minimum atomic E-state index is -0.921. The van der Waals surface area contributed by atoms with E-state index in [9.17, 15) is 14.9 Å². The highest BCUT2D eigenvalue weighted by molar-refractivity contribution is 5.88. The number of carbonyl (C=O) groups is 2. The van der Waals surface area contributed by atoms with Gasteiger partial charge in [-0.3, -0.25) is 14.5 Å². The molecule has 130 valence electrons.